The van der Waals surface area contributed by atoms with Crippen LogP contribution in [-0.2, 0) is 30.2 Å². The number of rotatable bonds is 6. The van der Waals surface area contributed by atoms with E-state index in [2.05, 4.69) is 14.9 Å². The Hall–Kier alpha value is -1.71. The lowest BCUT2D eigenvalue weighted by atomic mass is 10.3. The average molecular weight is 299 g/mol. The number of hydrogen-bond donors (Lipinski definition) is 2. The highest BCUT2D eigenvalue weighted by atomic mass is 32.2. The van der Waals surface area contributed by atoms with Crippen molar-refractivity contribution in [1.82, 2.24) is 24.3 Å². The van der Waals surface area contributed by atoms with Crippen molar-refractivity contribution in [3.63, 3.8) is 0 Å². The first-order valence-electron chi connectivity index (χ1n) is 6.04. The second-order valence-electron chi connectivity index (χ2n) is 4.37. The normalized spacial score (nSPS) is 11.9. The number of hydrogen-bond acceptors (Lipinski definition) is 5. The lowest BCUT2D eigenvalue weighted by molar-refractivity contribution is 0.269. The molecule has 2 N–H and O–H groups in total. The topological polar surface area (TPSA) is 102 Å². The van der Waals surface area contributed by atoms with Crippen molar-refractivity contribution in [2.45, 2.75) is 24.9 Å². The summed E-state index contributed by atoms with van der Waals surface area (Å²) in [5.74, 6) is 0. The van der Waals surface area contributed by atoms with Crippen LogP contribution in [0.2, 0.25) is 0 Å². The van der Waals surface area contributed by atoms with Crippen molar-refractivity contribution in [3.8, 4) is 0 Å². The number of aliphatic hydroxyl groups is 1. The smallest absolute Gasteiger partial charge is 0.243 e. The molecule has 0 aromatic carbocycles. The third kappa shape index (κ3) is 3.06. The summed E-state index contributed by atoms with van der Waals surface area (Å²) in [5.41, 5.74) is 1.72. The fourth-order valence-corrected chi connectivity index (χ4v) is 2.64. The van der Waals surface area contributed by atoms with Crippen molar-refractivity contribution >= 4 is 10.0 Å². The minimum absolute atomic E-state index is 0.0764. The molecular formula is C11H17N5O3S. The largest absolute Gasteiger partial charge is 0.394 e. The van der Waals surface area contributed by atoms with Crippen molar-refractivity contribution in [2.24, 2.45) is 7.05 Å². The number of nitrogens with one attached hydrogen (secondary N) is 1. The molecule has 0 unspecified atom stereocenters. The standard InChI is InChI=1S/C11H17N5O3S/c1-9-10(5-12-15(9)2)6-14-20(18,19)11-7-13-16(8-11)3-4-17/h5,7-8,14,17H,3-4,6H2,1-2H3. The molecule has 0 atom stereocenters. The number of aliphatic hydroxyl groups excluding tert-OH is 1. The van der Waals surface area contributed by atoms with Crippen LogP contribution in [0.4, 0.5) is 0 Å². The summed E-state index contributed by atoms with van der Waals surface area (Å²) >= 11 is 0. The van der Waals surface area contributed by atoms with Gasteiger partial charge in [-0.1, -0.05) is 0 Å². The number of nitrogens with zero attached hydrogens (tertiary/aromatic N) is 4. The van der Waals surface area contributed by atoms with E-state index in [1.807, 2.05) is 6.92 Å². The first-order chi connectivity index (χ1) is 9.44. The molecular weight excluding hydrogens is 282 g/mol. The summed E-state index contributed by atoms with van der Waals surface area (Å²) in [6.07, 6.45) is 4.27. The number of aryl methyl sites for hydroxylation is 1. The minimum Gasteiger partial charge on any atom is -0.394 e. The van der Waals surface area contributed by atoms with Gasteiger partial charge in [0.25, 0.3) is 0 Å². The molecule has 2 aromatic rings. The zero-order valence-electron chi connectivity index (χ0n) is 11.3. The van der Waals surface area contributed by atoms with E-state index in [0.29, 0.717) is 0 Å². The van der Waals surface area contributed by atoms with Crippen molar-refractivity contribution in [3.05, 3.63) is 29.8 Å². The molecule has 20 heavy (non-hydrogen) atoms. The van der Waals surface area contributed by atoms with Crippen LogP contribution >= 0.6 is 0 Å². The molecule has 0 amide bonds. The highest BCUT2D eigenvalue weighted by molar-refractivity contribution is 7.89. The molecule has 2 aromatic heterocycles. The van der Waals surface area contributed by atoms with E-state index >= 15 is 0 Å². The molecule has 2 heterocycles. The van der Waals surface area contributed by atoms with Crippen LogP contribution in [0.1, 0.15) is 11.3 Å². The Labute approximate surface area is 117 Å². The predicted molar refractivity (Wildman–Crippen MR) is 71.3 cm³/mol. The zero-order chi connectivity index (χ0) is 14.8. The summed E-state index contributed by atoms with van der Waals surface area (Å²) in [5, 5.41) is 16.7. The Morgan fingerprint density at radius 2 is 2.10 bits per heavy atom. The monoisotopic (exact) mass is 299 g/mol. The van der Waals surface area contributed by atoms with Gasteiger partial charge in [-0.2, -0.15) is 10.2 Å². The van der Waals surface area contributed by atoms with Crippen LogP contribution in [-0.4, -0.2) is 39.7 Å². The van der Waals surface area contributed by atoms with E-state index in [1.165, 1.54) is 17.1 Å². The minimum atomic E-state index is -3.62. The first kappa shape index (κ1) is 14.7. The highest BCUT2D eigenvalue weighted by Gasteiger charge is 2.17. The molecule has 0 bridgehead atoms. The maximum absolute atomic E-state index is 12.1. The maximum Gasteiger partial charge on any atom is 0.243 e. The Morgan fingerprint density at radius 1 is 1.35 bits per heavy atom. The molecule has 0 saturated heterocycles. The molecule has 9 heteroatoms. The van der Waals surface area contributed by atoms with Crippen molar-refractivity contribution in [2.75, 3.05) is 6.61 Å². The van der Waals surface area contributed by atoms with E-state index in [1.54, 1.807) is 17.9 Å². The van der Waals surface area contributed by atoms with Gasteiger partial charge in [-0.05, 0) is 6.92 Å². The molecule has 2 rings (SSSR count). The first-order valence-corrected chi connectivity index (χ1v) is 7.53. The van der Waals surface area contributed by atoms with Gasteiger partial charge in [0.1, 0.15) is 4.90 Å². The van der Waals surface area contributed by atoms with Gasteiger partial charge in [-0.3, -0.25) is 9.36 Å². The third-order valence-corrected chi connectivity index (χ3v) is 4.39. The number of sulfonamides is 1. The van der Waals surface area contributed by atoms with Crippen LogP contribution in [0.3, 0.4) is 0 Å². The van der Waals surface area contributed by atoms with Crippen LogP contribution in [0.5, 0.6) is 0 Å². The fourth-order valence-electron chi connectivity index (χ4n) is 1.68. The Morgan fingerprint density at radius 3 is 2.70 bits per heavy atom. The molecule has 0 aliphatic carbocycles. The lowest BCUT2D eigenvalue weighted by Crippen LogP contribution is -2.23. The Bertz CT molecular complexity index is 689. The molecule has 8 nitrogen and oxygen atoms in total. The quantitative estimate of drug-likeness (QED) is 0.741. The third-order valence-electron chi connectivity index (χ3n) is 3.04. The van der Waals surface area contributed by atoms with E-state index in [9.17, 15) is 8.42 Å². The van der Waals surface area contributed by atoms with E-state index in [0.717, 1.165) is 11.3 Å². The van der Waals surface area contributed by atoms with Gasteiger partial charge in [0.15, 0.2) is 0 Å². The van der Waals surface area contributed by atoms with Crippen LogP contribution in [0.15, 0.2) is 23.5 Å². The summed E-state index contributed by atoms with van der Waals surface area (Å²) < 4.78 is 29.7. The fraction of sp³-hybridized carbons (Fsp3) is 0.455. The molecule has 0 aliphatic heterocycles. The zero-order valence-corrected chi connectivity index (χ0v) is 12.1. The number of aromatic nitrogens is 4. The van der Waals surface area contributed by atoms with Crippen LogP contribution in [0, 0.1) is 6.92 Å². The Kier molecular flexibility index (Phi) is 4.21. The van der Waals surface area contributed by atoms with Gasteiger partial charge < -0.3 is 5.11 Å². The summed E-state index contributed by atoms with van der Waals surface area (Å²) in [4.78, 5) is 0.0764. The molecule has 110 valence electrons. The van der Waals surface area contributed by atoms with Crippen LogP contribution in [0.25, 0.3) is 0 Å². The van der Waals surface area contributed by atoms with Gasteiger partial charge >= 0.3 is 0 Å². The summed E-state index contributed by atoms with van der Waals surface area (Å²) in [6.45, 7) is 2.21. The maximum atomic E-state index is 12.1. The molecule has 0 fully saturated rings. The second-order valence-corrected chi connectivity index (χ2v) is 6.13. The lowest BCUT2D eigenvalue weighted by Gasteiger charge is -2.04. The van der Waals surface area contributed by atoms with E-state index < -0.39 is 10.0 Å². The van der Waals surface area contributed by atoms with Crippen molar-refractivity contribution < 1.29 is 13.5 Å². The second kappa shape index (κ2) is 5.73. The van der Waals surface area contributed by atoms with E-state index in [4.69, 9.17) is 5.11 Å². The van der Waals surface area contributed by atoms with E-state index in [-0.39, 0.29) is 24.6 Å². The summed E-state index contributed by atoms with van der Waals surface area (Å²) in [7, 11) is -1.82. The van der Waals surface area contributed by atoms with Gasteiger partial charge in [0.2, 0.25) is 10.0 Å². The highest BCUT2D eigenvalue weighted by Crippen LogP contribution is 2.10. The molecule has 0 spiro atoms. The van der Waals surface area contributed by atoms with Gasteiger partial charge in [0.05, 0.1) is 25.5 Å². The molecule has 0 radical (unpaired) electrons. The summed E-state index contributed by atoms with van der Waals surface area (Å²) in [6, 6.07) is 0. The predicted octanol–water partition coefficient (Wildman–Crippen LogP) is -0.604. The van der Waals surface area contributed by atoms with Gasteiger partial charge in [-0.15, -0.1) is 0 Å². The average Bonchev–Trinajstić information content (AvgIpc) is 2.98. The van der Waals surface area contributed by atoms with Gasteiger partial charge in [0, 0.05) is 31.0 Å². The van der Waals surface area contributed by atoms with Crippen LogP contribution < -0.4 is 4.72 Å². The Balaban J connectivity index is 2.08. The van der Waals surface area contributed by atoms with Crippen molar-refractivity contribution in [1.29, 1.82) is 0 Å². The van der Waals surface area contributed by atoms with Gasteiger partial charge in [-0.25, -0.2) is 13.1 Å². The molecule has 0 saturated carbocycles. The SMILES string of the molecule is Cc1c(CNS(=O)(=O)c2cnn(CCO)c2)cnn1C. The molecule has 0 aliphatic rings.